The molecule has 2 aromatic carbocycles. The van der Waals surface area contributed by atoms with E-state index >= 15 is 0 Å². The maximum atomic E-state index is 12.2. The summed E-state index contributed by atoms with van der Waals surface area (Å²) in [6.07, 6.45) is 1.12. The number of hydrogen-bond donors (Lipinski definition) is 1. The number of methoxy groups -OCH3 is 1. The average molecular weight is 462 g/mol. The Hall–Kier alpha value is -2.87. The fourth-order valence-corrected chi connectivity index (χ4v) is 3.10. The van der Waals surface area contributed by atoms with Gasteiger partial charge in [0.25, 0.3) is 0 Å². The van der Waals surface area contributed by atoms with Gasteiger partial charge in [-0.05, 0) is 69.0 Å². The normalized spacial score (nSPS) is 11.9. The largest absolute Gasteiger partial charge is 0.492 e. The first-order valence-corrected chi connectivity index (χ1v) is 11.5. The van der Waals surface area contributed by atoms with Gasteiger partial charge in [-0.1, -0.05) is 12.1 Å². The molecule has 1 amide bonds. The van der Waals surface area contributed by atoms with Gasteiger partial charge in [-0.15, -0.1) is 11.8 Å². The highest BCUT2D eigenvalue weighted by atomic mass is 32.2. The van der Waals surface area contributed by atoms with E-state index in [1.165, 1.54) is 7.11 Å². The summed E-state index contributed by atoms with van der Waals surface area (Å²) in [7, 11) is 1.35. The van der Waals surface area contributed by atoms with E-state index in [1.54, 1.807) is 11.8 Å². The summed E-state index contributed by atoms with van der Waals surface area (Å²) in [5, 5.41) is 2.64. The molecule has 7 nitrogen and oxygen atoms in total. The summed E-state index contributed by atoms with van der Waals surface area (Å²) < 4.78 is 21.6. The van der Waals surface area contributed by atoms with Gasteiger partial charge in [-0.2, -0.15) is 0 Å². The summed E-state index contributed by atoms with van der Waals surface area (Å²) in [6.45, 7) is 6.05. The van der Waals surface area contributed by atoms with Crippen LogP contribution < -0.4 is 14.8 Å². The summed E-state index contributed by atoms with van der Waals surface area (Å²) in [5.41, 5.74) is 0.366. The molecule has 0 fully saturated rings. The number of nitrogens with one attached hydrogen (secondary N) is 1. The van der Waals surface area contributed by atoms with E-state index < -0.39 is 23.8 Å². The monoisotopic (exact) mass is 461 g/mol. The molecular weight excluding hydrogens is 430 g/mol. The summed E-state index contributed by atoms with van der Waals surface area (Å²) >= 11 is 1.64. The number of hydrogen-bond acceptors (Lipinski definition) is 7. The van der Waals surface area contributed by atoms with Crippen LogP contribution >= 0.6 is 11.8 Å². The molecule has 32 heavy (non-hydrogen) atoms. The fraction of sp³-hybridized carbons (Fsp3) is 0.417. The quantitative estimate of drug-likeness (QED) is 0.317. The van der Waals surface area contributed by atoms with Crippen LogP contribution in [0, 0.1) is 0 Å². The molecule has 0 spiro atoms. The Morgan fingerprint density at radius 3 is 2.19 bits per heavy atom. The van der Waals surface area contributed by atoms with Gasteiger partial charge in [0, 0.05) is 11.3 Å². The van der Waals surface area contributed by atoms with Crippen LogP contribution in [0.1, 0.15) is 26.3 Å². The fourth-order valence-electron chi connectivity index (χ4n) is 2.70. The molecule has 0 radical (unpaired) electrons. The van der Waals surface area contributed by atoms with Gasteiger partial charge < -0.3 is 24.3 Å². The molecule has 2 rings (SSSR count). The molecule has 0 heterocycles. The van der Waals surface area contributed by atoms with Crippen LogP contribution in [0.5, 0.6) is 11.5 Å². The second-order valence-corrected chi connectivity index (χ2v) is 8.81. The van der Waals surface area contributed by atoms with Gasteiger partial charge >= 0.3 is 12.1 Å². The molecule has 8 heteroatoms. The first kappa shape index (κ1) is 25.4. The first-order chi connectivity index (χ1) is 15.2. The van der Waals surface area contributed by atoms with E-state index in [4.69, 9.17) is 18.9 Å². The Morgan fingerprint density at radius 2 is 1.62 bits per heavy atom. The van der Waals surface area contributed by atoms with Crippen LogP contribution in [0.3, 0.4) is 0 Å². The Kier molecular flexibility index (Phi) is 9.71. The third-order valence-electron chi connectivity index (χ3n) is 4.19. The zero-order valence-electron chi connectivity index (χ0n) is 19.2. The van der Waals surface area contributed by atoms with Gasteiger partial charge in [-0.25, -0.2) is 9.59 Å². The molecule has 0 aliphatic carbocycles. The van der Waals surface area contributed by atoms with E-state index in [1.807, 2.05) is 75.6 Å². The Morgan fingerprint density at radius 1 is 1.00 bits per heavy atom. The second-order valence-electron chi connectivity index (χ2n) is 7.93. The van der Waals surface area contributed by atoms with Crippen molar-refractivity contribution in [3.63, 3.8) is 0 Å². The molecule has 2 aromatic rings. The number of esters is 1. The topological polar surface area (TPSA) is 83.1 Å². The minimum absolute atomic E-state index is 0.304. The molecule has 174 valence electrons. The van der Waals surface area contributed by atoms with Crippen molar-refractivity contribution >= 4 is 23.8 Å². The minimum Gasteiger partial charge on any atom is -0.492 e. The lowest BCUT2D eigenvalue weighted by Gasteiger charge is -2.19. The molecule has 1 unspecified atom stereocenters. The maximum absolute atomic E-state index is 12.2. The zero-order chi connectivity index (χ0) is 23.6. The summed E-state index contributed by atoms with van der Waals surface area (Å²) in [6, 6.07) is 14.9. The first-order valence-electron chi connectivity index (χ1n) is 10.3. The second kappa shape index (κ2) is 12.2. The summed E-state index contributed by atoms with van der Waals surface area (Å²) in [5.74, 6) is 0.825. The van der Waals surface area contributed by atoms with E-state index in [0.717, 1.165) is 10.5 Å². The molecule has 1 atom stereocenters. The van der Waals surface area contributed by atoms with Gasteiger partial charge in [-0.3, -0.25) is 0 Å². The summed E-state index contributed by atoms with van der Waals surface area (Å²) in [4.78, 5) is 24.9. The molecule has 0 aliphatic rings. The van der Waals surface area contributed by atoms with Crippen molar-refractivity contribution in [1.29, 1.82) is 0 Å². The lowest BCUT2D eigenvalue weighted by molar-refractivity contribution is -0.148. The van der Waals surface area contributed by atoms with E-state index in [9.17, 15) is 9.59 Å². The third kappa shape index (κ3) is 9.09. The minimum atomic E-state index is -0.759. The number of carbonyl (C=O) groups excluding carboxylic acids is 2. The maximum Gasteiger partial charge on any atom is 0.407 e. The van der Waals surface area contributed by atoms with Crippen molar-refractivity contribution in [2.24, 2.45) is 0 Å². The molecular formula is C24H31NO6S. The Balaban J connectivity index is 1.86. The highest BCUT2D eigenvalue weighted by Crippen LogP contribution is 2.21. The highest BCUT2D eigenvalue weighted by Gasteiger charge is 2.22. The number of amides is 1. The number of carbonyl (C=O) groups is 2. The van der Waals surface area contributed by atoms with E-state index in [0.29, 0.717) is 31.1 Å². The van der Waals surface area contributed by atoms with Gasteiger partial charge in [0.05, 0.1) is 13.7 Å². The van der Waals surface area contributed by atoms with Crippen molar-refractivity contribution in [3.05, 3.63) is 54.1 Å². The van der Waals surface area contributed by atoms with Crippen LogP contribution in [0.2, 0.25) is 0 Å². The number of thioether (sulfide) groups is 1. The standard InChI is InChI=1S/C24H31NO6S/c1-24(2,3)31-23(27)25-14-15-29-18-8-6-17(7-9-18)16-21(22(26)28-4)30-19-10-12-20(32-5)13-11-19/h6-13,21H,14-16H2,1-5H3,(H,25,27). The van der Waals surface area contributed by atoms with Crippen molar-refractivity contribution in [2.75, 3.05) is 26.5 Å². The molecule has 0 aliphatic heterocycles. The van der Waals surface area contributed by atoms with Crippen LogP contribution in [0.15, 0.2) is 53.4 Å². The average Bonchev–Trinajstić information content (AvgIpc) is 2.76. The molecule has 0 saturated carbocycles. The van der Waals surface area contributed by atoms with Crippen LogP contribution in [-0.4, -0.2) is 50.3 Å². The molecule has 0 bridgehead atoms. The Bertz CT molecular complexity index is 862. The van der Waals surface area contributed by atoms with E-state index in [2.05, 4.69) is 5.32 Å². The third-order valence-corrected chi connectivity index (χ3v) is 4.93. The predicted molar refractivity (Wildman–Crippen MR) is 125 cm³/mol. The Labute approximate surface area is 193 Å². The van der Waals surface area contributed by atoms with Crippen LogP contribution in [0.25, 0.3) is 0 Å². The molecule has 0 saturated heterocycles. The van der Waals surface area contributed by atoms with Crippen LogP contribution in [0.4, 0.5) is 4.79 Å². The lowest BCUT2D eigenvalue weighted by atomic mass is 10.1. The predicted octanol–water partition coefficient (Wildman–Crippen LogP) is 4.48. The number of benzene rings is 2. The number of ether oxygens (including phenoxy) is 4. The van der Waals surface area contributed by atoms with Gasteiger partial charge in [0.2, 0.25) is 0 Å². The van der Waals surface area contributed by atoms with Gasteiger partial charge in [0.1, 0.15) is 23.7 Å². The lowest BCUT2D eigenvalue weighted by Crippen LogP contribution is -2.34. The smallest absolute Gasteiger partial charge is 0.407 e. The molecule has 0 aromatic heterocycles. The van der Waals surface area contributed by atoms with Crippen LogP contribution in [-0.2, 0) is 20.7 Å². The van der Waals surface area contributed by atoms with Crippen molar-refractivity contribution in [2.45, 2.75) is 43.8 Å². The number of alkyl carbamates (subject to hydrolysis) is 1. The molecule has 1 N–H and O–H groups in total. The van der Waals surface area contributed by atoms with Gasteiger partial charge in [0.15, 0.2) is 6.10 Å². The van der Waals surface area contributed by atoms with Crippen molar-refractivity contribution < 1.29 is 28.5 Å². The van der Waals surface area contributed by atoms with Crippen molar-refractivity contribution in [1.82, 2.24) is 5.32 Å². The van der Waals surface area contributed by atoms with E-state index in [-0.39, 0.29) is 0 Å². The number of rotatable bonds is 10. The van der Waals surface area contributed by atoms with Crippen molar-refractivity contribution in [3.8, 4) is 11.5 Å². The zero-order valence-corrected chi connectivity index (χ0v) is 20.0. The highest BCUT2D eigenvalue weighted by molar-refractivity contribution is 7.98. The SMILES string of the molecule is COC(=O)C(Cc1ccc(OCCNC(=O)OC(C)(C)C)cc1)Oc1ccc(SC)cc1.